The van der Waals surface area contributed by atoms with Crippen LogP contribution in [0.3, 0.4) is 0 Å². The van der Waals surface area contributed by atoms with Crippen molar-refractivity contribution in [2.24, 2.45) is 0 Å². The van der Waals surface area contributed by atoms with Gasteiger partial charge in [0.1, 0.15) is 18.2 Å². The summed E-state index contributed by atoms with van der Waals surface area (Å²) in [5, 5.41) is 7.12. The molecule has 0 aliphatic heterocycles. The molecule has 0 bridgehead atoms. The fourth-order valence-electron chi connectivity index (χ4n) is 4.98. The van der Waals surface area contributed by atoms with Crippen LogP contribution < -0.4 is 10.6 Å². The lowest BCUT2D eigenvalue weighted by Crippen LogP contribution is -2.48. The van der Waals surface area contributed by atoms with Gasteiger partial charge in [0.2, 0.25) is 5.91 Å². The summed E-state index contributed by atoms with van der Waals surface area (Å²) in [5.41, 5.74) is 1.75. The van der Waals surface area contributed by atoms with E-state index >= 15 is 0 Å². The molecule has 48 heavy (non-hydrogen) atoms. The molecule has 0 aliphatic rings. The van der Waals surface area contributed by atoms with Crippen molar-refractivity contribution in [3.8, 4) is 0 Å². The number of amides is 3. The molecule has 2 N–H and O–H groups in total. The minimum atomic E-state index is -0.792. The van der Waals surface area contributed by atoms with Crippen molar-refractivity contribution in [2.45, 2.75) is 18.9 Å². The maximum atomic E-state index is 13.9. The van der Waals surface area contributed by atoms with Gasteiger partial charge in [0.25, 0.3) is 5.91 Å². The van der Waals surface area contributed by atoms with Crippen molar-refractivity contribution in [2.75, 3.05) is 25.5 Å². The van der Waals surface area contributed by atoms with Gasteiger partial charge >= 0.3 is 6.09 Å². The zero-order valence-electron chi connectivity index (χ0n) is 26.0. The number of likely N-dealkylation sites (N-methyl/N-ethyl adjacent to an activating group) is 1. The third-order valence-corrected chi connectivity index (χ3v) is 8.22. The molecular weight excluding hydrogens is 635 g/mol. The van der Waals surface area contributed by atoms with Gasteiger partial charge in [0.15, 0.2) is 5.78 Å². The average Bonchev–Trinajstić information content (AvgIpc) is 3.11. The lowest BCUT2D eigenvalue weighted by atomic mass is 10.0. The molecule has 5 rings (SSSR count). The van der Waals surface area contributed by atoms with E-state index in [-0.39, 0.29) is 48.5 Å². The molecular formula is C37H32ClFN4O5. The van der Waals surface area contributed by atoms with E-state index in [0.717, 1.165) is 10.8 Å². The smallest absolute Gasteiger partial charge is 0.412 e. The summed E-state index contributed by atoms with van der Waals surface area (Å²) in [4.78, 5) is 57.4. The Morgan fingerprint density at radius 1 is 0.854 bits per heavy atom. The van der Waals surface area contributed by atoms with E-state index in [9.17, 15) is 23.6 Å². The number of carbonyl (C=O) groups is 4. The summed E-state index contributed by atoms with van der Waals surface area (Å²) in [5.74, 6) is -1.24. The summed E-state index contributed by atoms with van der Waals surface area (Å²) in [6.45, 7) is -0.318. The van der Waals surface area contributed by atoms with Crippen LogP contribution in [0.15, 0.2) is 109 Å². The summed E-state index contributed by atoms with van der Waals surface area (Å²) >= 11 is 6.07. The molecule has 9 nitrogen and oxygen atoms in total. The highest BCUT2D eigenvalue weighted by Gasteiger charge is 2.24. The molecule has 0 aliphatic carbocycles. The number of nitrogens with one attached hydrogen (secondary N) is 2. The lowest BCUT2D eigenvalue weighted by molar-refractivity contribution is -0.132. The maximum Gasteiger partial charge on any atom is 0.412 e. The zero-order chi connectivity index (χ0) is 34.0. The Balaban J connectivity index is 1.23. The molecule has 5 aromatic rings. The van der Waals surface area contributed by atoms with E-state index in [4.69, 9.17) is 16.3 Å². The van der Waals surface area contributed by atoms with Gasteiger partial charge in [-0.1, -0.05) is 90.5 Å². The number of pyridine rings is 1. The van der Waals surface area contributed by atoms with Crippen LogP contribution in [-0.4, -0.2) is 59.8 Å². The second-order valence-electron chi connectivity index (χ2n) is 11.0. The number of halogens is 2. The number of ether oxygens (including phenoxy) is 1. The van der Waals surface area contributed by atoms with Crippen molar-refractivity contribution in [1.82, 2.24) is 15.2 Å². The molecule has 0 saturated carbocycles. The van der Waals surface area contributed by atoms with Gasteiger partial charge < -0.3 is 15.0 Å². The molecule has 244 valence electrons. The van der Waals surface area contributed by atoms with Gasteiger partial charge in [-0.15, -0.1) is 0 Å². The minimum Gasteiger partial charge on any atom is -0.447 e. The largest absolute Gasteiger partial charge is 0.447 e. The summed E-state index contributed by atoms with van der Waals surface area (Å²) in [6, 6.07) is 27.9. The van der Waals surface area contributed by atoms with Gasteiger partial charge in [-0.2, -0.15) is 0 Å². The second-order valence-corrected chi connectivity index (χ2v) is 11.4. The first-order valence-electron chi connectivity index (χ1n) is 15.1. The molecule has 0 unspecified atom stereocenters. The Hall–Kier alpha value is -5.61. The number of anilines is 1. The van der Waals surface area contributed by atoms with Gasteiger partial charge in [-0.25, -0.2) is 14.2 Å². The number of fused-ring (bicyclic) bond motifs is 1. The maximum absolute atomic E-state index is 13.9. The van der Waals surface area contributed by atoms with Crippen LogP contribution in [-0.2, 0) is 16.0 Å². The Morgan fingerprint density at radius 2 is 1.52 bits per heavy atom. The molecule has 1 aromatic heterocycles. The molecule has 11 heteroatoms. The number of ketones is 1. The highest BCUT2D eigenvalue weighted by molar-refractivity contribution is 6.31. The SMILES string of the molecule is CN(C(=O)CCc1cccc(F)c1Cl)[C@@H](CNC(=O)c1ccc(C(=O)c2ccccc2)cc1)COC(=O)Nc1cc2ccccc2cn1. The van der Waals surface area contributed by atoms with Crippen LogP contribution in [0.1, 0.15) is 38.3 Å². The number of rotatable bonds is 12. The van der Waals surface area contributed by atoms with Gasteiger partial charge in [0.05, 0.1) is 11.1 Å². The molecule has 3 amide bonds. The van der Waals surface area contributed by atoms with E-state index in [1.807, 2.05) is 30.3 Å². The molecule has 1 atom stereocenters. The highest BCUT2D eigenvalue weighted by Crippen LogP contribution is 2.21. The van der Waals surface area contributed by atoms with Crippen molar-refractivity contribution < 1.29 is 28.3 Å². The van der Waals surface area contributed by atoms with E-state index in [0.29, 0.717) is 22.3 Å². The molecule has 0 radical (unpaired) electrons. The van der Waals surface area contributed by atoms with Crippen LogP contribution in [0.5, 0.6) is 0 Å². The van der Waals surface area contributed by atoms with Crippen molar-refractivity contribution in [3.63, 3.8) is 0 Å². The van der Waals surface area contributed by atoms with Gasteiger partial charge in [-0.3, -0.25) is 19.7 Å². The van der Waals surface area contributed by atoms with Crippen LogP contribution >= 0.6 is 11.6 Å². The van der Waals surface area contributed by atoms with E-state index in [2.05, 4.69) is 15.6 Å². The topological polar surface area (TPSA) is 118 Å². The lowest BCUT2D eigenvalue weighted by Gasteiger charge is -2.28. The predicted octanol–water partition coefficient (Wildman–Crippen LogP) is 6.70. The van der Waals surface area contributed by atoms with Gasteiger partial charge in [0, 0.05) is 48.3 Å². The van der Waals surface area contributed by atoms with Crippen molar-refractivity contribution in [3.05, 3.63) is 142 Å². The number of aromatic nitrogens is 1. The average molecular weight is 667 g/mol. The highest BCUT2D eigenvalue weighted by atomic mass is 35.5. The van der Waals surface area contributed by atoms with Crippen LogP contribution in [0, 0.1) is 5.82 Å². The van der Waals surface area contributed by atoms with Crippen molar-refractivity contribution in [1.29, 1.82) is 0 Å². The van der Waals surface area contributed by atoms with Crippen LogP contribution in [0.25, 0.3) is 10.8 Å². The second kappa shape index (κ2) is 15.8. The Morgan fingerprint density at radius 3 is 2.27 bits per heavy atom. The van der Waals surface area contributed by atoms with E-state index in [1.54, 1.807) is 66.9 Å². The number of hydrogen-bond donors (Lipinski definition) is 2. The molecule has 4 aromatic carbocycles. The zero-order valence-corrected chi connectivity index (χ0v) is 26.7. The monoisotopic (exact) mass is 666 g/mol. The third kappa shape index (κ3) is 8.59. The Labute approximate surface area is 281 Å². The fraction of sp³-hybridized carbons (Fsp3) is 0.162. The number of aryl methyl sites for hydroxylation is 1. The quantitative estimate of drug-likeness (QED) is 0.143. The first kappa shape index (κ1) is 33.7. The first-order valence-corrected chi connectivity index (χ1v) is 15.5. The Bertz CT molecular complexity index is 1940. The molecule has 1 heterocycles. The number of carbonyl (C=O) groups excluding carboxylic acids is 4. The minimum absolute atomic E-state index is 0.00572. The fourth-order valence-corrected chi connectivity index (χ4v) is 5.20. The van der Waals surface area contributed by atoms with Crippen LogP contribution in [0.2, 0.25) is 5.02 Å². The van der Waals surface area contributed by atoms with E-state index in [1.165, 1.54) is 24.1 Å². The van der Waals surface area contributed by atoms with E-state index < -0.39 is 23.9 Å². The number of benzene rings is 4. The molecule has 0 saturated heterocycles. The molecule has 0 fully saturated rings. The van der Waals surface area contributed by atoms with Crippen LogP contribution in [0.4, 0.5) is 15.0 Å². The number of nitrogens with zero attached hydrogens (tertiary/aromatic N) is 2. The third-order valence-electron chi connectivity index (χ3n) is 7.79. The van der Waals surface area contributed by atoms with Crippen molar-refractivity contribution >= 4 is 51.9 Å². The first-order chi connectivity index (χ1) is 23.2. The normalized spacial score (nSPS) is 11.4. The predicted molar refractivity (Wildman–Crippen MR) is 182 cm³/mol. The Kier molecular flexibility index (Phi) is 11.1. The molecule has 0 spiro atoms. The summed E-state index contributed by atoms with van der Waals surface area (Å²) in [7, 11) is 1.53. The number of hydrogen-bond acceptors (Lipinski definition) is 6. The standard InChI is InChI=1S/C37H32ClFN4O5/c1-43(33(44)19-18-24-12-7-13-31(39)34(24)38)30(23-48-37(47)42-32-20-28-10-5-6-11-29(28)21-40-32)22-41-36(46)27-16-14-26(15-17-27)35(45)25-8-3-2-4-9-25/h2-17,20-21,30H,18-19,22-23H2,1H3,(H,41,46)(H,40,42,47)/t30-/m0/s1. The summed E-state index contributed by atoms with van der Waals surface area (Å²) in [6.07, 6.45) is 1.01. The van der Waals surface area contributed by atoms with Gasteiger partial charge in [-0.05, 0) is 41.6 Å². The summed E-state index contributed by atoms with van der Waals surface area (Å²) < 4.78 is 19.4.